The number of hydrogen-bond donors (Lipinski definition) is 0. The second-order valence-electron chi connectivity index (χ2n) is 8.80. The summed E-state index contributed by atoms with van der Waals surface area (Å²) in [5.74, 6) is 0. The monoisotopic (exact) mass is 467 g/mol. The van der Waals surface area contributed by atoms with E-state index in [2.05, 4.69) is 71.6 Å². The minimum atomic E-state index is -0.0288. The molecule has 0 bridgehead atoms. The first-order valence-corrected chi connectivity index (χ1v) is 12.4. The molecule has 4 nitrogen and oxygen atoms in total. The molecule has 8 rings (SSSR count). The molecular weight excluding hydrogens is 450 g/mol. The predicted molar refractivity (Wildman–Crippen MR) is 144 cm³/mol. The van der Waals surface area contributed by atoms with E-state index in [1.54, 1.807) is 16.2 Å². The normalized spacial score (nSPS) is 13.1. The van der Waals surface area contributed by atoms with Gasteiger partial charge in [0.1, 0.15) is 5.65 Å². The molecule has 0 N–H and O–H groups in total. The third-order valence-electron chi connectivity index (χ3n) is 6.93. The fourth-order valence-electron chi connectivity index (χ4n) is 5.45. The van der Waals surface area contributed by atoms with Crippen LogP contribution in [0.15, 0.2) is 118 Å². The summed E-state index contributed by atoms with van der Waals surface area (Å²) >= 11 is 1.79. The smallest absolute Gasteiger partial charge is 0.264 e. The lowest BCUT2D eigenvalue weighted by molar-refractivity contribution is 1.17. The second-order valence-corrected chi connectivity index (χ2v) is 9.88. The minimum Gasteiger partial charge on any atom is -0.308 e. The Bertz CT molecular complexity index is 1980. The molecule has 0 saturated heterocycles. The van der Waals surface area contributed by atoms with Crippen LogP contribution in [0, 0.1) is 0 Å². The molecule has 5 heteroatoms. The van der Waals surface area contributed by atoms with Crippen LogP contribution in [0.4, 0.5) is 17.1 Å². The molecule has 0 saturated carbocycles. The fraction of sp³-hybridized carbons (Fsp3) is 0. The molecule has 0 radical (unpaired) electrons. The average Bonchev–Trinajstić information content (AvgIpc) is 3.30. The van der Waals surface area contributed by atoms with Crippen molar-refractivity contribution in [2.45, 2.75) is 9.79 Å². The molecule has 7 aromatic rings. The molecular formula is C30H17N3OS. The molecule has 0 atom stereocenters. The Labute approximate surface area is 204 Å². The van der Waals surface area contributed by atoms with Gasteiger partial charge in [-0.15, -0.1) is 0 Å². The van der Waals surface area contributed by atoms with Crippen LogP contribution < -0.4 is 10.5 Å². The summed E-state index contributed by atoms with van der Waals surface area (Å²) in [6.07, 6.45) is 0. The van der Waals surface area contributed by atoms with Crippen LogP contribution in [0.25, 0.3) is 38.2 Å². The number of hydrogen-bond acceptors (Lipinski definition) is 4. The Kier molecular flexibility index (Phi) is 3.71. The Hall–Kier alpha value is -4.35. The Morgan fingerprint density at radius 1 is 0.600 bits per heavy atom. The Morgan fingerprint density at radius 3 is 2.09 bits per heavy atom. The minimum absolute atomic E-state index is 0.0288. The molecule has 0 spiro atoms. The lowest BCUT2D eigenvalue weighted by Crippen LogP contribution is -2.16. The van der Waals surface area contributed by atoms with Crippen LogP contribution in [0.2, 0.25) is 0 Å². The number of pyridine rings is 1. The quantitative estimate of drug-likeness (QED) is 0.250. The maximum Gasteiger partial charge on any atom is 0.264 e. The highest BCUT2D eigenvalue weighted by Gasteiger charge is 2.26. The van der Waals surface area contributed by atoms with Crippen LogP contribution >= 0.6 is 11.8 Å². The summed E-state index contributed by atoms with van der Waals surface area (Å²) in [5, 5.41) is 3.71. The molecule has 0 fully saturated rings. The van der Waals surface area contributed by atoms with Gasteiger partial charge in [-0.05, 0) is 54.6 Å². The van der Waals surface area contributed by atoms with Crippen molar-refractivity contribution in [1.29, 1.82) is 0 Å². The van der Waals surface area contributed by atoms with Crippen molar-refractivity contribution in [2.24, 2.45) is 0 Å². The fourth-order valence-corrected chi connectivity index (χ4v) is 6.51. The van der Waals surface area contributed by atoms with E-state index in [9.17, 15) is 4.79 Å². The van der Waals surface area contributed by atoms with E-state index in [4.69, 9.17) is 4.98 Å². The largest absolute Gasteiger partial charge is 0.308 e. The first-order chi connectivity index (χ1) is 17.3. The predicted octanol–water partition coefficient (Wildman–Crippen LogP) is 7.53. The van der Waals surface area contributed by atoms with Crippen molar-refractivity contribution in [3.8, 4) is 0 Å². The molecule has 3 heterocycles. The zero-order valence-electron chi connectivity index (χ0n) is 18.5. The van der Waals surface area contributed by atoms with E-state index in [1.807, 2.05) is 36.4 Å². The van der Waals surface area contributed by atoms with E-state index in [0.717, 1.165) is 44.3 Å². The van der Waals surface area contributed by atoms with E-state index >= 15 is 0 Å². The van der Waals surface area contributed by atoms with Gasteiger partial charge in [0.25, 0.3) is 5.56 Å². The van der Waals surface area contributed by atoms with Crippen LogP contribution in [-0.2, 0) is 0 Å². The van der Waals surface area contributed by atoms with Gasteiger partial charge in [0.05, 0.1) is 28.1 Å². The van der Waals surface area contributed by atoms with Crippen LogP contribution in [0.3, 0.4) is 0 Å². The SMILES string of the molecule is O=c1c2cccc3c(N4c5ccccc5Sc5ccccc54)ccc(c32)c2nc3ccccc3n12. The van der Waals surface area contributed by atoms with E-state index < -0.39 is 0 Å². The van der Waals surface area contributed by atoms with Gasteiger partial charge in [-0.25, -0.2) is 4.98 Å². The molecule has 2 aromatic heterocycles. The van der Waals surface area contributed by atoms with Crippen molar-refractivity contribution in [3.05, 3.63) is 113 Å². The van der Waals surface area contributed by atoms with Gasteiger partial charge in [0.15, 0.2) is 0 Å². The maximum absolute atomic E-state index is 13.8. The average molecular weight is 468 g/mol. The molecule has 5 aromatic carbocycles. The van der Waals surface area contributed by atoms with Crippen molar-refractivity contribution < 1.29 is 0 Å². The zero-order valence-corrected chi connectivity index (χ0v) is 19.3. The van der Waals surface area contributed by atoms with Crippen LogP contribution in [-0.4, -0.2) is 9.38 Å². The number of para-hydroxylation sites is 4. The lowest BCUT2D eigenvalue weighted by Gasteiger charge is -2.33. The highest BCUT2D eigenvalue weighted by Crippen LogP contribution is 2.52. The maximum atomic E-state index is 13.8. The third-order valence-corrected chi connectivity index (χ3v) is 8.06. The van der Waals surface area contributed by atoms with Crippen molar-refractivity contribution >= 4 is 67.0 Å². The molecule has 1 aliphatic heterocycles. The first-order valence-electron chi connectivity index (χ1n) is 11.5. The van der Waals surface area contributed by atoms with E-state index in [-0.39, 0.29) is 5.56 Å². The molecule has 164 valence electrons. The molecule has 35 heavy (non-hydrogen) atoms. The number of benzene rings is 5. The zero-order chi connectivity index (χ0) is 23.1. The van der Waals surface area contributed by atoms with Crippen molar-refractivity contribution in [1.82, 2.24) is 9.38 Å². The van der Waals surface area contributed by atoms with Crippen molar-refractivity contribution in [2.75, 3.05) is 4.90 Å². The van der Waals surface area contributed by atoms with Crippen LogP contribution in [0.1, 0.15) is 0 Å². The number of rotatable bonds is 1. The van der Waals surface area contributed by atoms with E-state index in [1.165, 1.54) is 9.79 Å². The highest BCUT2D eigenvalue weighted by molar-refractivity contribution is 7.99. The third kappa shape index (κ3) is 2.48. The van der Waals surface area contributed by atoms with Gasteiger partial charge >= 0.3 is 0 Å². The number of anilines is 3. The first kappa shape index (κ1) is 19.0. The van der Waals surface area contributed by atoms with E-state index in [0.29, 0.717) is 11.0 Å². The summed E-state index contributed by atoms with van der Waals surface area (Å²) in [6, 6.07) is 35.2. The summed E-state index contributed by atoms with van der Waals surface area (Å²) in [4.78, 5) is 23.4. The number of nitrogens with zero attached hydrogens (tertiary/aromatic N) is 3. The second kappa shape index (κ2) is 6.84. The topological polar surface area (TPSA) is 37.6 Å². The van der Waals surface area contributed by atoms with Gasteiger partial charge in [0, 0.05) is 31.3 Å². The summed E-state index contributed by atoms with van der Waals surface area (Å²) in [7, 11) is 0. The number of aromatic nitrogens is 2. The molecule has 0 unspecified atom stereocenters. The van der Waals surface area contributed by atoms with Gasteiger partial charge < -0.3 is 4.90 Å². The van der Waals surface area contributed by atoms with Gasteiger partial charge in [-0.2, -0.15) is 0 Å². The lowest BCUT2D eigenvalue weighted by atomic mass is 9.99. The highest BCUT2D eigenvalue weighted by atomic mass is 32.2. The Morgan fingerprint density at radius 2 is 1.29 bits per heavy atom. The number of imidazole rings is 1. The molecule has 1 aliphatic rings. The van der Waals surface area contributed by atoms with Gasteiger partial charge in [0.2, 0.25) is 0 Å². The number of fused-ring (bicyclic) bond motifs is 6. The summed E-state index contributed by atoms with van der Waals surface area (Å²) in [5.41, 5.74) is 5.70. The Balaban J connectivity index is 1.52. The summed E-state index contributed by atoms with van der Waals surface area (Å²) < 4.78 is 1.76. The summed E-state index contributed by atoms with van der Waals surface area (Å²) in [6.45, 7) is 0. The van der Waals surface area contributed by atoms with Crippen LogP contribution in [0.5, 0.6) is 0 Å². The van der Waals surface area contributed by atoms with Crippen molar-refractivity contribution in [3.63, 3.8) is 0 Å². The van der Waals surface area contributed by atoms with Gasteiger partial charge in [-0.3, -0.25) is 9.20 Å². The molecule has 0 amide bonds. The molecule has 0 aliphatic carbocycles. The standard InChI is InChI=1S/C30H17N3OS/c34-30-20-9-7-8-18-22(32-24-12-3-5-14-26(24)35-27-15-6-4-13-25(27)32)17-16-19(28(18)20)29-31-21-10-1-2-11-23(21)33(29)30/h1-17H. The van der Waals surface area contributed by atoms with Gasteiger partial charge in [-0.1, -0.05) is 60.3 Å².